The molecule has 6 heteroatoms. The number of nitrogens with zero attached hydrogens (tertiary/aromatic N) is 1. The van der Waals surface area contributed by atoms with E-state index in [0.29, 0.717) is 17.8 Å². The summed E-state index contributed by atoms with van der Waals surface area (Å²) in [5, 5.41) is 0. The number of benzene rings is 1. The Bertz CT molecular complexity index is 678. The van der Waals surface area contributed by atoms with E-state index in [-0.39, 0.29) is 11.8 Å². The van der Waals surface area contributed by atoms with E-state index in [1.165, 1.54) is 16.2 Å². The summed E-state index contributed by atoms with van der Waals surface area (Å²) < 4.78 is 0.749. The lowest BCUT2D eigenvalue weighted by atomic mass is 10.1. The zero-order chi connectivity index (χ0) is 15.0. The molecule has 108 valence electrons. The van der Waals surface area contributed by atoms with E-state index in [0.717, 1.165) is 20.7 Å². The van der Waals surface area contributed by atoms with E-state index in [9.17, 15) is 9.59 Å². The number of carbonyl (C=O) groups is 2. The number of rotatable bonds is 4. The normalized spacial score (nSPS) is 15.4. The van der Waals surface area contributed by atoms with Crippen molar-refractivity contribution < 1.29 is 14.5 Å². The molecular weight excluding hydrogens is 308 g/mol. The molecule has 1 aliphatic rings. The van der Waals surface area contributed by atoms with Gasteiger partial charge in [-0.1, -0.05) is 23.7 Å². The SMILES string of the molecule is C[NH+](Cc1ccc(Cl)s1)CN1C(=O)c2ccccc2C1=O. The maximum Gasteiger partial charge on any atom is 0.265 e. The number of hydrogen-bond donors (Lipinski definition) is 1. The molecular formula is C15H14ClN2O2S+. The van der Waals surface area contributed by atoms with Crippen molar-refractivity contribution in [1.29, 1.82) is 0 Å². The maximum atomic E-state index is 12.3. The summed E-state index contributed by atoms with van der Waals surface area (Å²) in [7, 11) is 1.96. The highest BCUT2D eigenvalue weighted by Gasteiger charge is 2.36. The number of nitrogens with one attached hydrogen (secondary N) is 1. The van der Waals surface area contributed by atoms with Crippen LogP contribution < -0.4 is 4.90 Å². The van der Waals surface area contributed by atoms with Crippen LogP contribution in [0.5, 0.6) is 0 Å². The van der Waals surface area contributed by atoms with Gasteiger partial charge in [-0.05, 0) is 24.3 Å². The Morgan fingerprint density at radius 1 is 1.10 bits per heavy atom. The molecule has 0 radical (unpaired) electrons. The Morgan fingerprint density at radius 2 is 1.71 bits per heavy atom. The highest BCUT2D eigenvalue weighted by atomic mass is 35.5. The van der Waals surface area contributed by atoms with Crippen LogP contribution in [0.4, 0.5) is 0 Å². The molecule has 1 aromatic carbocycles. The summed E-state index contributed by atoms with van der Waals surface area (Å²) in [5.74, 6) is -0.418. The second kappa shape index (κ2) is 5.60. The summed E-state index contributed by atoms with van der Waals surface area (Å²) in [4.78, 5) is 28.1. The first-order chi connectivity index (χ1) is 10.1. The number of fused-ring (bicyclic) bond motifs is 1. The molecule has 2 amide bonds. The Morgan fingerprint density at radius 3 is 2.24 bits per heavy atom. The van der Waals surface area contributed by atoms with Crippen LogP contribution in [0.15, 0.2) is 36.4 Å². The van der Waals surface area contributed by atoms with Crippen molar-refractivity contribution in [1.82, 2.24) is 4.90 Å². The molecule has 1 aromatic heterocycles. The molecule has 1 unspecified atom stereocenters. The van der Waals surface area contributed by atoms with Gasteiger partial charge in [-0.15, -0.1) is 11.3 Å². The molecule has 2 heterocycles. The van der Waals surface area contributed by atoms with Crippen LogP contribution in [-0.4, -0.2) is 30.4 Å². The van der Waals surface area contributed by atoms with Crippen LogP contribution in [0, 0.1) is 0 Å². The Labute approximate surface area is 131 Å². The Balaban J connectivity index is 1.71. The van der Waals surface area contributed by atoms with Gasteiger partial charge in [0.1, 0.15) is 6.54 Å². The lowest BCUT2D eigenvalue weighted by Gasteiger charge is -2.19. The minimum atomic E-state index is -0.209. The zero-order valence-corrected chi connectivity index (χ0v) is 13.0. The number of carbonyl (C=O) groups excluding carboxylic acids is 2. The van der Waals surface area contributed by atoms with E-state index in [1.54, 1.807) is 24.3 Å². The van der Waals surface area contributed by atoms with Crippen molar-refractivity contribution in [3.63, 3.8) is 0 Å². The first-order valence-corrected chi connectivity index (χ1v) is 7.76. The summed E-state index contributed by atoms with van der Waals surface area (Å²) in [5.41, 5.74) is 0.990. The molecule has 0 saturated carbocycles. The smallest absolute Gasteiger partial charge is 0.265 e. The highest BCUT2D eigenvalue weighted by molar-refractivity contribution is 7.16. The van der Waals surface area contributed by atoms with Crippen LogP contribution in [-0.2, 0) is 6.54 Å². The molecule has 0 fully saturated rings. The van der Waals surface area contributed by atoms with Crippen molar-refractivity contribution in [3.8, 4) is 0 Å². The molecule has 0 spiro atoms. The van der Waals surface area contributed by atoms with Gasteiger partial charge < -0.3 is 4.90 Å². The average molecular weight is 322 g/mol. The summed E-state index contributed by atoms with van der Waals surface area (Å²) in [6.45, 7) is 1.08. The third-order valence-electron chi connectivity index (χ3n) is 3.41. The Kier molecular flexibility index (Phi) is 3.80. The van der Waals surface area contributed by atoms with E-state index in [4.69, 9.17) is 11.6 Å². The zero-order valence-electron chi connectivity index (χ0n) is 11.4. The van der Waals surface area contributed by atoms with E-state index >= 15 is 0 Å². The molecule has 1 atom stereocenters. The van der Waals surface area contributed by atoms with E-state index in [2.05, 4.69) is 0 Å². The molecule has 1 aliphatic heterocycles. The number of quaternary nitrogens is 1. The number of hydrogen-bond acceptors (Lipinski definition) is 3. The second-order valence-electron chi connectivity index (χ2n) is 5.08. The van der Waals surface area contributed by atoms with E-state index in [1.807, 2.05) is 19.2 Å². The van der Waals surface area contributed by atoms with Crippen molar-refractivity contribution in [2.45, 2.75) is 6.54 Å². The lowest BCUT2D eigenvalue weighted by molar-refractivity contribution is -0.900. The largest absolute Gasteiger partial charge is 0.315 e. The summed E-state index contributed by atoms with van der Waals surface area (Å²) in [6, 6.07) is 10.8. The van der Waals surface area contributed by atoms with Gasteiger partial charge in [0.05, 0.1) is 27.4 Å². The molecule has 0 aliphatic carbocycles. The van der Waals surface area contributed by atoms with Gasteiger partial charge in [-0.25, -0.2) is 4.90 Å². The molecule has 4 nitrogen and oxygen atoms in total. The third kappa shape index (κ3) is 2.72. The van der Waals surface area contributed by atoms with Crippen LogP contribution in [0.25, 0.3) is 0 Å². The van der Waals surface area contributed by atoms with Crippen molar-refractivity contribution in [2.24, 2.45) is 0 Å². The fraction of sp³-hybridized carbons (Fsp3) is 0.200. The molecule has 2 aromatic rings. The fourth-order valence-electron chi connectivity index (χ4n) is 2.45. The molecule has 1 N–H and O–H groups in total. The van der Waals surface area contributed by atoms with Gasteiger partial charge in [0.15, 0.2) is 6.67 Å². The molecule has 3 rings (SSSR count). The second-order valence-corrected chi connectivity index (χ2v) is 6.88. The fourth-order valence-corrected chi connectivity index (χ4v) is 3.65. The van der Waals surface area contributed by atoms with Gasteiger partial charge in [0.2, 0.25) is 0 Å². The number of thiophene rings is 1. The quantitative estimate of drug-likeness (QED) is 0.870. The van der Waals surface area contributed by atoms with Crippen LogP contribution in [0.1, 0.15) is 25.6 Å². The minimum absolute atomic E-state index is 0.209. The average Bonchev–Trinajstić information content (AvgIpc) is 2.97. The number of halogens is 1. The van der Waals surface area contributed by atoms with Crippen LogP contribution in [0.2, 0.25) is 4.34 Å². The monoisotopic (exact) mass is 321 g/mol. The maximum absolute atomic E-state index is 12.3. The van der Waals surface area contributed by atoms with Gasteiger partial charge in [0, 0.05) is 0 Å². The molecule has 0 saturated heterocycles. The minimum Gasteiger partial charge on any atom is -0.315 e. The molecule has 0 bridgehead atoms. The topological polar surface area (TPSA) is 41.8 Å². The number of amides is 2. The van der Waals surface area contributed by atoms with Gasteiger partial charge in [-0.3, -0.25) is 9.59 Å². The van der Waals surface area contributed by atoms with Crippen molar-refractivity contribution in [3.05, 3.63) is 56.7 Å². The lowest BCUT2D eigenvalue weighted by Crippen LogP contribution is -3.09. The Hall–Kier alpha value is -1.69. The van der Waals surface area contributed by atoms with Crippen molar-refractivity contribution >= 4 is 34.8 Å². The van der Waals surface area contributed by atoms with Crippen LogP contribution >= 0.6 is 22.9 Å². The number of imide groups is 1. The highest BCUT2D eigenvalue weighted by Crippen LogP contribution is 2.22. The third-order valence-corrected chi connectivity index (χ3v) is 4.64. The summed E-state index contributed by atoms with van der Waals surface area (Å²) in [6.07, 6.45) is 0. The van der Waals surface area contributed by atoms with Gasteiger partial charge in [0.25, 0.3) is 11.8 Å². The standard InChI is InChI=1S/C15H13ClN2O2S/c1-17(8-10-6-7-13(16)21-10)9-18-14(19)11-4-2-3-5-12(11)15(18)20/h2-7H,8-9H2,1H3/p+1. The molecule has 21 heavy (non-hydrogen) atoms. The van der Waals surface area contributed by atoms with Gasteiger partial charge >= 0.3 is 0 Å². The van der Waals surface area contributed by atoms with E-state index < -0.39 is 0 Å². The predicted molar refractivity (Wildman–Crippen MR) is 81.7 cm³/mol. The first-order valence-electron chi connectivity index (χ1n) is 6.57. The first kappa shape index (κ1) is 14.3. The predicted octanol–water partition coefficient (Wildman–Crippen LogP) is 1.67. The van der Waals surface area contributed by atoms with Crippen molar-refractivity contribution in [2.75, 3.05) is 13.7 Å². The summed E-state index contributed by atoms with van der Waals surface area (Å²) >= 11 is 7.43. The van der Waals surface area contributed by atoms with Gasteiger partial charge in [-0.2, -0.15) is 0 Å². The van der Waals surface area contributed by atoms with Crippen LogP contribution in [0.3, 0.4) is 0 Å².